The lowest BCUT2D eigenvalue weighted by Gasteiger charge is -2.36. The normalized spacial score (nSPS) is 16.8. The van der Waals surface area contributed by atoms with E-state index in [1.165, 1.54) is 6.07 Å². The molecule has 0 aliphatic heterocycles. The van der Waals surface area contributed by atoms with Crippen molar-refractivity contribution in [1.29, 1.82) is 0 Å². The van der Waals surface area contributed by atoms with E-state index in [0.29, 0.717) is 12.8 Å². The van der Waals surface area contributed by atoms with Gasteiger partial charge in [0.25, 0.3) is 5.69 Å². The number of nitrogens with two attached hydrogens (primary N) is 1. The molecule has 0 bridgehead atoms. The molecule has 0 saturated heterocycles. The van der Waals surface area contributed by atoms with Crippen LogP contribution in [0, 0.1) is 17.0 Å². The Morgan fingerprint density at radius 3 is 2.67 bits per heavy atom. The molecule has 1 fully saturated rings. The molecule has 0 spiro atoms. The number of hydrogen-bond acceptors (Lipinski definition) is 4. The van der Waals surface area contributed by atoms with Crippen molar-refractivity contribution in [3.63, 3.8) is 0 Å². The molecule has 1 aliphatic carbocycles. The number of nitro benzene ring substituents is 1. The molecule has 1 aliphatic rings. The van der Waals surface area contributed by atoms with E-state index in [2.05, 4.69) is 5.32 Å². The summed E-state index contributed by atoms with van der Waals surface area (Å²) in [6.07, 6.45) is 2.16. The van der Waals surface area contributed by atoms with Crippen molar-refractivity contribution in [3.8, 4) is 0 Å². The van der Waals surface area contributed by atoms with Gasteiger partial charge in [-0.25, -0.2) is 0 Å². The first-order chi connectivity index (χ1) is 8.42. The van der Waals surface area contributed by atoms with Crippen LogP contribution in [0.3, 0.4) is 0 Å². The van der Waals surface area contributed by atoms with E-state index in [1.54, 1.807) is 19.1 Å². The van der Waals surface area contributed by atoms with Crippen molar-refractivity contribution >= 4 is 17.3 Å². The minimum atomic E-state index is -0.863. The summed E-state index contributed by atoms with van der Waals surface area (Å²) in [5, 5.41) is 13.4. The van der Waals surface area contributed by atoms with Gasteiger partial charge in [0, 0.05) is 6.07 Å². The molecule has 0 heterocycles. The highest BCUT2D eigenvalue weighted by atomic mass is 16.6. The van der Waals surface area contributed by atoms with Crippen molar-refractivity contribution in [1.82, 2.24) is 0 Å². The molecular formula is C12H15N3O3. The van der Waals surface area contributed by atoms with Gasteiger partial charge in [0.1, 0.15) is 5.69 Å². The summed E-state index contributed by atoms with van der Waals surface area (Å²) in [6, 6.07) is 4.60. The number of carbonyl (C=O) groups excluding carboxylic acids is 1. The van der Waals surface area contributed by atoms with Crippen molar-refractivity contribution in [2.45, 2.75) is 31.7 Å². The fourth-order valence-electron chi connectivity index (χ4n) is 1.94. The predicted octanol–water partition coefficient (Wildman–Crippen LogP) is 1.72. The number of amides is 1. The Labute approximate surface area is 104 Å². The number of nitrogens with one attached hydrogen (secondary N) is 1. The molecule has 96 valence electrons. The quantitative estimate of drug-likeness (QED) is 0.629. The Morgan fingerprint density at radius 2 is 2.17 bits per heavy atom. The van der Waals surface area contributed by atoms with E-state index in [1.807, 2.05) is 0 Å². The monoisotopic (exact) mass is 249 g/mol. The fraction of sp³-hybridized carbons (Fsp3) is 0.417. The Hall–Kier alpha value is -1.95. The van der Waals surface area contributed by atoms with Crippen LogP contribution < -0.4 is 11.1 Å². The van der Waals surface area contributed by atoms with Gasteiger partial charge < -0.3 is 11.1 Å². The highest BCUT2D eigenvalue weighted by Gasteiger charge is 2.40. The number of rotatable bonds is 3. The Kier molecular flexibility index (Phi) is 3.04. The summed E-state index contributed by atoms with van der Waals surface area (Å²) >= 11 is 0. The molecule has 18 heavy (non-hydrogen) atoms. The van der Waals surface area contributed by atoms with Crippen LogP contribution in [0.5, 0.6) is 0 Å². The molecule has 1 aromatic carbocycles. The molecule has 6 heteroatoms. The van der Waals surface area contributed by atoms with Crippen LogP contribution in [0.1, 0.15) is 24.8 Å². The second-order valence-corrected chi connectivity index (χ2v) is 4.74. The third-order valence-corrected chi connectivity index (χ3v) is 3.29. The number of aryl methyl sites for hydroxylation is 1. The van der Waals surface area contributed by atoms with Crippen molar-refractivity contribution in [2.24, 2.45) is 5.73 Å². The van der Waals surface area contributed by atoms with Crippen LogP contribution in [-0.4, -0.2) is 16.4 Å². The second-order valence-electron chi connectivity index (χ2n) is 4.74. The van der Waals surface area contributed by atoms with Gasteiger partial charge in [0.05, 0.1) is 10.5 Å². The van der Waals surface area contributed by atoms with Crippen LogP contribution in [0.15, 0.2) is 18.2 Å². The SMILES string of the molecule is Cc1ccc([N+](=O)[O-])c(NC(=O)C2(N)CCC2)c1. The van der Waals surface area contributed by atoms with Crippen LogP contribution in [-0.2, 0) is 4.79 Å². The maximum absolute atomic E-state index is 11.9. The molecule has 1 saturated carbocycles. The van der Waals surface area contributed by atoms with Gasteiger partial charge in [-0.3, -0.25) is 14.9 Å². The number of nitro groups is 1. The van der Waals surface area contributed by atoms with E-state index >= 15 is 0 Å². The van der Waals surface area contributed by atoms with Gasteiger partial charge in [-0.1, -0.05) is 6.07 Å². The first-order valence-corrected chi connectivity index (χ1v) is 5.78. The van der Waals surface area contributed by atoms with Crippen LogP contribution >= 0.6 is 0 Å². The summed E-state index contributed by atoms with van der Waals surface area (Å²) < 4.78 is 0. The Balaban J connectivity index is 2.25. The van der Waals surface area contributed by atoms with Crippen molar-refractivity contribution < 1.29 is 9.72 Å². The largest absolute Gasteiger partial charge is 0.319 e. The average Bonchev–Trinajstić information content (AvgIpc) is 2.25. The molecule has 2 rings (SSSR count). The number of nitrogens with zero attached hydrogens (tertiary/aromatic N) is 1. The maximum Gasteiger partial charge on any atom is 0.292 e. The van der Waals surface area contributed by atoms with Gasteiger partial charge in [0.2, 0.25) is 5.91 Å². The van der Waals surface area contributed by atoms with E-state index in [0.717, 1.165) is 12.0 Å². The minimum absolute atomic E-state index is 0.114. The number of anilines is 1. The van der Waals surface area contributed by atoms with Crippen LogP contribution in [0.25, 0.3) is 0 Å². The number of carbonyl (C=O) groups is 1. The maximum atomic E-state index is 11.9. The van der Waals surface area contributed by atoms with Crippen molar-refractivity contribution in [3.05, 3.63) is 33.9 Å². The van der Waals surface area contributed by atoms with E-state index in [9.17, 15) is 14.9 Å². The highest BCUT2D eigenvalue weighted by molar-refractivity contribution is 6.00. The summed E-state index contributed by atoms with van der Waals surface area (Å²) in [5.41, 5.74) is 5.95. The van der Waals surface area contributed by atoms with E-state index in [-0.39, 0.29) is 17.3 Å². The molecule has 0 radical (unpaired) electrons. The molecule has 1 amide bonds. The molecule has 1 aromatic rings. The zero-order valence-electron chi connectivity index (χ0n) is 10.1. The molecule has 3 N–H and O–H groups in total. The van der Waals surface area contributed by atoms with Gasteiger partial charge in [0.15, 0.2) is 0 Å². The lowest BCUT2D eigenvalue weighted by atomic mass is 9.77. The molecule has 0 atom stereocenters. The van der Waals surface area contributed by atoms with Crippen LogP contribution in [0.2, 0.25) is 0 Å². The fourth-order valence-corrected chi connectivity index (χ4v) is 1.94. The minimum Gasteiger partial charge on any atom is -0.319 e. The topological polar surface area (TPSA) is 98.3 Å². The zero-order chi connectivity index (χ0) is 13.3. The summed E-state index contributed by atoms with van der Waals surface area (Å²) in [4.78, 5) is 22.3. The highest BCUT2D eigenvalue weighted by Crippen LogP contribution is 2.32. The van der Waals surface area contributed by atoms with Crippen molar-refractivity contribution in [2.75, 3.05) is 5.32 Å². The number of hydrogen-bond donors (Lipinski definition) is 2. The first-order valence-electron chi connectivity index (χ1n) is 5.78. The van der Waals surface area contributed by atoms with E-state index in [4.69, 9.17) is 5.73 Å². The summed E-state index contributed by atoms with van der Waals surface area (Å²) in [5.74, 6) is -0.345. The summed E-state index contributed by atoms with van der Waals surface area (Å²) in [7, 11) is 0. The van der Waals surface area contributed by atoms with Gasteiger partial charge in [-0.15, -0.1) is 0 Å². The Bertz CT molecular complexity index is 509. The van der Waals surface area contributed by atoms with Gasteiger partial charge in [-0.2, -0.15) is 0 Å². The third kappa shape index (κ3) is 2.19. The van der Waals surface area contributed by atoms with Crippen LogP contribution in [0.4, 0.5) is 11.4 Å². The second kappa shape index (κ2) is 4.38. The Morgan fingerprint density at radius 1 is 1.50 bits per heavy atom. The smallest absolute Gasteiger partial charge is 0.292 e. The lowest BCUT2D eigenvalue weighted by molar-refractivity contribution is -0.383. The standard InChI is InChI=1S/C12H15N3O3/c1-8-3-4-10(15(17)18)9(7-8)14-11(16)12(13)5-2-6-12/h3-4,7H,2,5-6,13H2,1H3,(H,14,16). The molecule has 0 unspecified atom stereocenters. The molecular weight excluding hydrogens is 234 g/mol. The van der Waals surface area contributed by atoms with Gasteiger partial charge in [-0.05, 0) is 37.8 Å². The zero-order valence-corrected chi connectivity index (χ0v) is 10.1. The number of benzene rings is 1. The average molecular weight is 249 g/mol. The van der Waals surface area contributed by atoms with E-state index < -0.39 is 10.5 Å². The summed E-state index contributed by atoms with van der Waals surface area (Å²) in [6.45, 7) is 1.81. The predicted molar refractivity (Wildman–Crippen MR) is 67.2 cm³/mol. The molecule has 0 aromatic heterocycles. The lowest BCUT2D eigenvalue weighted by Crippen LogP contribution is -2.56. The van der Waals surface area contributed by atoms with Gasteiger partial charge >= 0.3 is 0 Å². The molecule has 6 nitrogen and oxygen atoms in total. The third-order valence-electron chi connectivity index (χ3n) is 3.29. The first kappa shape index (κ1) is 12.5.